The van der Waals surface area contributed by atoms with Gasteiger partial charge in [0, 0.05) is 13.0 Å². The van der Waals surface area contributed by atoms with Crippen molar-refractivity contribution in [2.45, 2.75) is 31.4 Å². The molecule has 1 aliphatic heterocycles. The lowest BCUT2D eigenvalue weighted by molar-refractivity contribution is 0.0144. The van der Waals surface area contributed by atoms with Crippen molar-refractivity contribution in [3.05, 3.63) is 41.1 Å². The fraction of sp³-hybridized carbons (Fsp3) is 0.385. The number of halogens is 1. The maximum atomic E-state index is 12.6. The Morgan fingerprint density at radius 2 is 2.00 bits per heavy atom. The molecule has 0 aromatic heterocycles. The summed E-state index contributed by atoms with van der Waals surface area (Å²) in [5.41, 5.74) is 1.00. The number of benzene rings is 1. The molecule has 19 heavy (non-hydrogen) atoms. The van der Waals surface area contributed by atoms with Gasteiger partial charge in [0.25, 0.3) is 10.0 Å². The van der Waals surface area contributed by atoms with Crippen LogP contribution in [0.4, 0.5) is 0 Å². The summed E-state index contributed by atoms with van der Waals surface area (Å²) in [6, 6.07) is 6.68. The Hall–Kier alpha value is -1.04. The minimum Gasteiger partial charge on any atom is -0.357 e. The number of aryl methyl sites for hydroxylation is 1. The zero-order valence-corrected chi connectivity index (χ0v) is 12.4. The van der Waals surface area contributed by atoms with E-state index in [4.69, 9.17) is 16.3 Å². The third kappa shape index (κ3) is 2.78. The lowest BCUT2D eigenvalue weighted by Crippen LogP contribution is -2.36. The molecular formula is C13H16ClNO3S. The number of ether oxygens (including phenoxy) is 1. The third-order valence-corrected chi connectivity index (χ3v) is 5.15. The van der Waals surface area contributed by atoms with Gasteiger partial charge in [-0.1, -0.05) is 29.3 Å². The fourth-order valence-electron chi connectivity index (χ4n) is 1.94. The minimum absolute atomic E-state index is 0.194. The van der Waals surface area contributed by atoms with Crippen LogP contribution in [0.25, 0.3) is 0 Å². The molecule has 104 valence electrons. The molecule has 0 N–H and O–H groups in total. The molecule has 0 aliphatic carbocycles. The Morgan fingerprint density at radius 3 is 2.58 bits per heavy atom. The van der Waals surface area contributed by atoms with E-state index in [9.17, 15) is 8.42 Å². The summed E-state index contributed by atoms with van der Waals surface area (Å²) in [5.74, 6) is 0. The summed E-state index contributed by atoms with van der Waals surface area (Å²) in [6.45, 7) is 4.16. The average molecular weight is 302 g/mol. The van der Waals surface area contributed by atoms with Gasteiger partial charge < -0.3 is 4.74 Å². The monoisotopic (exact) mass is 301 g/mol. The molecule has 6 heteroatoms. The molecule has 0 amide bonds. The van der Waals surface area contributed by atoms with Crippen molar-refractivity contribution in [1.29, 1.82) is 0 Å². The van der Waals surface area contributed by atoms with Crippen LogP contribution < -0.4 is 0 Å². The van der Waals surface area contributed by atoms with Crippen LogP contribution in [0.1, 0.15) is 18.9 Å². The highest BCUT2D eigenvalue weighted by Gasteiger charge is 2.36. The van der Waals surface area contributed by atoms with Crippen molar-refractivity contribution < 1.29 is 13.2 Å². The Balaban J connectivity index is 2.37. The summed E-state index contributed by atoms with van der Waals surface area (Å²) in [7, 11) is -3.67. The molecule has 1 unspecified atom stereocenters. The molecule has 4 nitrogen and oxygen atoms in total. The molecule has 0 fully saturated rings. The Bertz CT molecular complexity index is 580. The zero-order chi connectivity index (χ0) is 14.0. The molecule has 0 bridgehead atoms. The van der Waals surface area contributed by atoms with E-state index in [1.165, 1.54) is 0 Å². The van der Waals surface area contributed by atoms with E-state index in [1.807, 2.05) is 13.8 Å². The second-order valence-electron chi connectivity index (χ2n) is 4.29. The van der Waals surface area contributed by atoms with Crippen LogP contribution in [0.3, 0.4) is 0 Å². The van der Waals surface area contributed by atoms with E-state index >= 15 is 0 Å². The molecule has 0 saturated heterocycles. The molecule has 2 rings (SSSR count). The molecule has 1 aromatic rings. The lowest BCUT2D eigenvalue weighted by atomic mass is 10.2. The van der Waals surface area contributed by atoms with Gasteiger partial charge >= 0.3 is 0 Å². The predicted octanol–water partition coefficient (Wildman–Crippen LogP) is 2.83. The first kappa shape index (κ1) is 14.4. The first-order valence-corrected chi connectivity index (χ1v) is 7.87. The first-order chi connectivity index (χ1) is 8.96. The highest BCUT2D eigenvalue weighted by Crippen LogP contribution is 2.32. The minimum atomic E-state index is -3.67. The summed E-state index contributed by atoms with van der Waals surface area (Å²) in [4.78, 5) is 0.219. The van der Waals surface area contributed by atoms with Crippen LogP contribution >= 0.6 is 11.6 Å². The van der Waals surface area contributed by atoms with Crippen molar-refractivity contribution in [3.63, 3.8) is 0 Å². The average Bonchev–Trinajstić information content (AvgIpc) is 2.72. The number of nitrogens with zero attached hydrogens (tertiary/aromatic N) is 1. The van der Waals surface area contributed by atoms with Gasteiger partial charge in [0.1, 0.15) is 11.4 Å². The Kier molecular flexibility index (Phi) is 4.18. The van der Waals surface area contributed by atoms with Crippen LogP contribution in [0.2, 0.25) is 0 Å². The smallest absolute Gasteiger partial charge is 0.267 e. The maximum absolute atomic E-state index is 12.6. The van der Waals surface area contributed by atoms with Crippen molar-refractivity contribution in [1.82, 2.24) is 4.31 Å². The number of hydrogen-bond acceptors (Lipinski definition) is 3. The normalized spacial score (nSPS) is 19.6. The molecule has 0 saturated carbocycles. The summed E-state index contributed by atoms with van der Waals surface area (Å²) in [6.07, 6.45) is 1.58. The lowest BCUT2D eigenvalue weighted by Gasteiger charge is -2.26. The summed E-state index contributed by atoms with van der Waals surface area (Å²) < 4.78 is 31.7. The van der Waals surface area contributed by atoms with Gasteiger partial charge in [-0.05, 0) is 32.1 Å². The van der Waals surface area contributed by atoms with E-state index in [1.54, 1.807) is 30.3 Å². The number of sulfonamides is 1. The second kappa shape index (κ2) is 5.53. The van der Waals surface area contributed by atoms with Gasteiger partial charge in [-0.3, -0.25) is 0 Å². The SMILES string of the molecule is CCOC1CC=C(Cl)N1S(=O)(=O)c1ccc(C)cc1. The molecule has 1 aliphatic rings. The van der Waals surface area contributed by atoms with Gasteiger partial charge in [-0.15, -0.1) is 0 Å². The molecular weight excluding hydrogens is 286 g/mol. The quantitative estimate of drug-likeness (QED) is 0.803. The van der Waals surface area contributed by atoms with Crippen LogP contribution in [-0.4, -0.2) is 25.6 Å². The molecule has 1 atom stereocenters. The van der Waals surface area contributed by atoms with Crippen LogP contribution in [-0.2, 0) is 14.8 Å². The largest absolute Gasteiger partial charge is 0.357 e. The maximum Gasteiger partial charge on any atom is 0.267 e. The molecule has 0 radical (unpaired) electrons. The van der Waals surface area contributed by atoms with Gasteiger partial charge in [0.05, 0.1) is 4.90 Å². The van der Waals surface area contributed by atoms with Crippen molar-refractivity contribution in [2.75, 3.05) is 6.61 Å². The zero-order valence-electron chi connectivity index (χ0n) is 10.8. The molecule has 1 aromatic carbocycles. The van der Waals surface area contributed by atoms with E-state index < -0.39 is 16.3 Å². The molecule has 1 heterocycles. The van der Waals surface area contributed by atoms with Crippen molar-refractivity contribution in [2.24, 2.45) is 0 Å². The van der Waals surface area contributed by atoms with E-state index in [0.29, 0.717) is 13.0 Å². The standard InChI is InChI=1S/C13H16ClNO3S/c1-3-18-13-9-8-12(14)15(13)19(16,17)11-6-4-10(2)5-7-11/h4-8,13H,3,9H2,1-2H3. The number of rotatable bonds is 4. The predicted molar refractivity (Wildman–Crippen MR) is 74.2 cm³/mol. The topological polar surface area (TPSA) is 46.6 Å². The van der Waals surface area contributed by atoms with Crippen LogP contribution in [0, 0.1) is 6.92 Å². The van der Waals surface area contributed by atoms with Crippen molar-refractivity contribution >= 4 is 21.6 Å². The van der Waals surface area contributed by atoms with Crippen molar-refractivity contribution in [3.8, 4) is 0 Å². The fourth-order valence-corrected chi connectivity index (χ4v) is 3.88. The number of hydrogen-bond donors (Lipinski definition) is 0. The van der Waals surface area contributed by atoms with Gasteiger partial charge in [-0.2, -0.15) is 0 Å². The van der Waals surface area contributed by atoms with E-state index in [0.717, 1.165) is 9.87 Å². The van der Waals surface area contributed by atoms with Crippen LogP contribution in [0.15, 0.2) is 40.4 Å². The van der Waals surface area contributed by atoms with Gasteiger partial charge in [0.15, 0.2) is 0 Å². The van der Waals surface area contributed by atoms with Crippen LogP contribution in [0.5, 0.6) is 0 Å². The first-order valence-electron chi connectivity index (χ1n) is 6.05. The van der Waals surface area contributed by atoms with E-state index in [-0.39, 0.29) is 10.1 Å². The molecule has 0 spiro atoms. The van der Waals surface area contributed by atoms with E-state index in [2.05, 4.69) is 0 Å². The highest BCUT2D eigenvalue weighted by molar-refractivity contribution is 7.89. The summed E-state index contributed by atoms with van der Waals surface area (Å²) in [5, 5.41) is 0.194. The Labute approximate surface area is 118 Å². The van der Waals surface area contributed by atoms with Gasteiger partial charge in [0.2, 0.25) is 0 Å². The van der Waals surface area contributed by atoms with Gasteiger partial charge in [-0.25, -0.2) is 12.7 Å². The Morgan fingerprint density at radius 1 is 1.37 bits per heavy atom. The summed E-state index contributed by atoms with van der Waals surface area (Å²) >= 11 is 6.00. The highest BCUT2D eigenvalue weighted by atomic mass is 35.5. The third-order valence-electron chi connectivity index (χ3n) is 2.90. The second-order valence-corrected chi connectivity index (χ2v) is 6.49.